The van der Waals surface area contributed by atoms with Crippen LogP contribution in [0.4, 0.5) is 0 Å². The van der Waals surface area contributed by atoms with E-state index < -0.39 is 151 Å². The number of thioether (sulfide) groups is 1. The summed E-state index contributed by atoms with van der Waals surface area (Å²) in [4.78, 5) is 63.4. The van der Waals surface area contributed by atoms with Gasteiger partial charge in [-0.15, -0.1) is 0 Å². The standard InChI is InChI=1S/C66H85IN2O23S3/c1-13-69(31-47(73)88-38-21-17-16-18-22-38)41-32-84-48(29-45(41)79-8)90-60-55(75)53(35(5)86-65(60)89-44-23-19-14-15-20-25-66(78)30-43(71)39(27-46(72)80-9)51(44)40(66)24-26-93-95-33(2)3)68-92-49-28-42(70)62(37(7)85-49)94-63(77)50-34(4)52(67)58(61(83-12)57(50)81-10)91-64-56(76)59(82-11)54(74)36(6)87-64/h14-18,21-22,24,33,35-37,41-42,44-45,48-49,53-56,59-60,62,64-65,68,70,74-76,78H,13,26-32H2,1-12H3/b15-14-,40-24+/t35-,36+,37-,41+,42+,44+,45+,48+,49+,53-,54+,55+,56-,59-,60-,62-,64+,65+,66+/m1/s1. The number of aliphatic hydroxyl groups is 5. The molecular formula is C66H85IN2O23S3. The molecule has 0 unspecified atom stereocenters. The third kappa shape index (κ3) is 18.3. The molecule has 2 bridgehead atoms. The number of likely N-dealkylation sites (N-methyl/N-ethyl adjacent to an activating group) is 1. The fourth-order valence-corrected chi connectivity index (χ4v) is 15.6. The minimum atomic E-state index is -2.06. The molecule has 6 N–H and O–H groups in total. The normalized spacial score (nSPS) is 33.2. The first-order valence-electron chi connectivity index (χ1n) is 31.0. The Balaban J connectivity index is 1.04. The Morgan fingerprint density at radius 1 is 0.853 bits per heavy atom. The molecule has 6 aliphatic rings. The number of benzene rings is 2. The maximum absolute atomic E-state index is 14.5. The Bertz CT molecular complexity index is 3240. The van der Waals surface area contributed by atoms with Crippen LogP contribution >= 0.6 is 55.9 Å². The molecule has 0 radical (unpaired) electrons. The Kier molecular flexibility index (Phi) is 28.2. The molecule has 4 heterocycles. The van der Waals surface area contributed by atoms with Gasteiger partial charge in [-0.25, -0.2) is 0 Å². The van der Waals surface area contributed by atoms with E-state index in [1.54, 1.807) is 68.8 Å². The smallest absolute Gasteiger partial charge is 0.325 e. The van der Waals surface area contributed by atoms with Crippen LogP contribution in [0.25, 0.3) is 0 Å². The summed E-state index contributed by atoms with van der Waals surface area (Å²) in [5.74, 6) is 10.7. The number of para-hydroxylation sites is 1. The topological polar surface area (TPSA) is 314 Å². The summed E-state index contributed by atoms with van der Waals surface area (Å²) in [6, 6.07) is 7.09. The van der Waals surface area contributed by atoms with Gasteiger partial charge in [0.25, 0.3) is 0 Å². The quantitative estimate of drug-likeness (QED) is 0.0139. The van der Waals surface area contributed by atoms with Crippen molar-refractivity contribution in [2.24, 2.45) is 0 Å². The minimum absolute atomic E-state index is 0.00398. The van der Waals surface area contributed by atoms with Crippen molar-refractivity contribution in [3.05, 3.63) is 80.0 Å². The number of carbonyl (C=O) groups excluding carboxylic acids is 4. The lowest BCUT2D eigenvalue weighted by molar-refractivity contribution is -0.337. The van der Waals surface area contributed by atoms with Crippen LogP contribution in [-0.4, -0.2) is 235 Å². The highest BCUT2D eigenvalue weighted by Crippen LogP contribution is 2.49. The van der Waals surface area contributed by atoms with Gasteiger partial charge in [-0.2, -0.15) is 5.48 Å². The largest absolute Gasteiger partial charge is 0.492 e. The summed E-state index contributed by atoms with van der Waals surface area (Å²) in [5.41, 5.74) is 1.62. The zero-order valence-electron chi connectivity index (χ0n) is 54.9. The van der Waals surface area contributed by atoms with E-state index >= 15 is 0 Å². The van der Waals surface area contributed by atoms with Crippen LogP contribution in [0.5, 0.6) is 23.0 Å². The zero-order chi connectivity index (χ0) is 69.0. The number of ketones is 1. The van der Waals surface area contributed by atoms with Crippen LogP contribution in [-0.2, 0) is 61.9 Å². The van der Waals surface area contributed by atoms with E-state index in [2.05, 4.69) is 29.2 Å². The molecule has 522 valence electrons. The third-order valence-electron chi connectivity index (χ3n) is 16.8. The van der Waals surface area contributed by atoms with Crippen molar-refractivity contribution in [2.45, 2.75) is 195 Å². The Hall–Kier alpha value is -4.40. The van der Waals surface area contributed by atoms with Crippen molar-refractivity contribution in [3.63, 3.8) is 0 Å². The Morgan fingerprint density at radius 2 is 1.57 bits per heavy atom. The second-order valence-electron chi connectivity index (χ2n) is 23.5. The van der Waals surface area contributed by atoms with Gasteiger partial charge in [-0.3, -0.25) is 28.9 Å². The molecule has 4 saturated heterocycles. The number of carbonyl (C=O) groups is 4. The van der Waals surface area contributed by atoms with Gasteiger partial charge >= 0.3 is 11.9 Å². The predicted octanol–water partition coefficient (Wildman–Crippen LogP) is 4.89. The van der Waals surface area contributed by atoms with Crippen molar-refractivity contribution in [3.8, 4) is 46.7 Å². The maximum atomic E-state index is 14.5. The molecule has 29 heteroatoms. The molecule has 95 heavy (non-hydrogen) atoms. The van der Waals surface area contributed by atoms with Gasteiger partial charge in [-0.1, -0.05) is 102 Å². The van der Waals surface area contributed by atoms with Gasteiger partial charge in [0.1, 0.15) is 42.4 Å². The Morgan fingerprint density at radius 3 is 2.23 bits per heavy atom. The zero-order valence-corrected chi connectivity index (χ0v) is 59.5. The summed E-state index contributed by atoms with van der Waals surface area (Å²) >= 11 is 2.81. The molecule has 8 rings (SSSR count). The van der Waals surface area contributed by atoms with E-state index in [0.717, 1.165) is 11.8 Å². The van der Waals surface area contributed by atoms with E-state index in [-0.39, 0.29) is 70.8 Å². The molecule has 0 spiro atoms. The van der Waals surface area contributed by atoms with Gasteiger partial charge in [0, 0.05) is 54.8 Å². The summed E-state index contributed by atoms with van der Waals surface area (Å²) in [6.45, 7) is 12.9. The second-order valence-corrected chi connectivity index (χ2v) is 28.7. The van der Waals surface area contributed by atoms with Crippen molar-refractivity contribution in [1.29, 1.82) is 0 Å². The summed E-state index contributed by atoms with van der Waals surface area (Å²) in [7, 11) is 9.88. The van der Waals surface area contributed by atoms with E-state index in [0.29, 0.717) is 27.2 Å². The van der Waals surface area contributed by atoms with Crippen LogP contribution in [0.1, 0.15) is 83.1 Å². The average Bonchev–Trinajstić information content (AvgIpc) is 0.760. The SMILES string of the molecule is CCN(CC(=O)Oc1ccccc1)[C@H]1CO[C@@H](O[C@H]2[C@H](O[C@H]3C#C/C=C\C#C[C@]4(O)CC(=O)C(CC(=O)OC)=C3/C4=C\CSSC(C)C)O[C@H](C)[C@@H](NO[C@H]3C[C@H](O)[C@H](SC(=O)c4c(C)c(I)c(O[C@@H]5O[C@@H](C)[C@H](O)[C@@H](OC)[C@H]5O)c(OC)c4OC)[C@@H](C)O3)[C@@H]2O)C[C@@H]1OC. The van der Waals surface area contributed by atoms with Crippen molar-refractivity contribution < 1.29 is 111 Å². The highest BCUT2D eigenvalue weighted by atomic mass is 127. The maximum Gasteiger partial charge on any atom is 0.325 e. The van der Waals surface area contributed by atoms with Gasteiger partial charge < -0.3 is 87.1 Å². The molecule has 19 atom stereocenters. The van der Waals surface area contributed by atoms with E-state index in [1.165, 1.54) is 58.5 Å². The predicted molar refractivity (Wildman–Crippen MR) is 358 cm³/mol. The van der Waals surface area contributed by atoms with Gasteiger partial charge in [0.05, 0.1) is 104 Å². The Labute approximate surface area is 579 Å². The number of nitrogens with one attached hydrogen (secondary N) is 1. The van der Waals surface area contributed by atoms with Crippen LogP contribution in [0.2, 0.25) is 0 Å². The number of Topliss-reactive ketones (excluding diaryl/α,β-unsaturated/α-hetero) is 1. The van der Waals surface area contributed by atoms with Crippen LogP contribution in [0, 0.1) is 34.2 Å². The molecule has 2 aliphatic carbocycles. The number of aliphatic hydroxyl groups excluding tert-OH is 4. The highest BCUT2D eigenvalue weighted by molar-refractivity contribution is 14.1. The van der Waals surface area contributed by atoms with Crippen LogP contribution < -0.4 is 24.4 Å². The number of halogens is 1. The van der Waals surface area contributed by atoms with Gasteiger partial charge in [0.2, 0.25) is 17.2 Å². The molecule has 4 aliphatic heterocycles. The summed E-state index contributed by atoms with van der Waals surface area (Å²) in [5, 5.41) is 57.6. The molecule has 4 fully saturated rings. The number of nitrogens with zero attached hydrogens (tertiary/aromatic N) is 1. The molecular weight excluding hydrogens is 1410 g/mol. The molecule has 2 aromatic rings. The minimum Gasteiger partial charge on any atom is -0.492 e. The lowest BCUT2D eigenvalue weighted by Crippen LogP contribution is -2.65. The van der Waals surface area contributed by atoms with Crippen molar-refractivity contribution >= 4 is 78.8 Å². The number of ether oxygens (including phenoxy) is 13. The summed E-state index contributed by atoms with van der Waals surface area (Å²) < 4.78 is 79.2. The first-order chi connectivity index (χ1) is 45.4. The number of allylic oxidation sites excluding steroid dienone is 2. The lowest BCUT2D eigenvalue weighted by atomic mass is 9.72. The second kappa shape index (κ2) is 35.1. The van der Waals surface area contributed by atoms with Crippen LogP contribution in [0.15, 0.2) is 65.3 Å². The number of hydroxylamine groups is 1. The lowest BCUT2D eigenvalue weighted by Gasteiger charge is -2.47. The van der Waals surface area contributed by atoms with Crippen molar-refractivity contribution in [2.75, 3.05) is 61.0 Å². The number of methoxy groups -OCH3 is 5. The van der Waals surface area contributed by atoms with Crippen molar-refractivity contribution in [1.82, 2.24) is 10.4 Å². The molecule has 0 aromatic heterocycles. The number of fused-ring (bicyclic) bond motifs is 2. The van der Waals surface area contributed by atoms with E-state index in [9.17, 15) is 44.7 Å². The van der Waals surface area contributed by atoms with E-state index in [4.69, 9.17) is 66.4 Å². The van der Waals surface area contributed by atoms with Crippen LogP contribution in [0.3, 0.4) is 0 Å². The number of hydrogen-bond donors (Lipinski definition) is 6. The molecule has 2 aromatic carbocycles. The molecule has 0 saturated carbocycles. The number of rotatable bonds is 26. The third-order valence-corrected chi connectivity index (χ3v) is 22.3. The van der Waals surface area contributed by atoms with Gasteiger partial charge in [-0.05, 0) is 86.7 Å². The first kappa shape index (κ1) is 76.4. The molecule has 0 amide bonds. The number of esters is 2. The first-order valence-corrected chi connectivity index (χ1v) is 35.4. The highest BCUT2D eigenvalue weighted by Gasteiger charge is 2.52. The number of hydrogen-bond acceptors (Lipinski definition) is 28. The fourth-order valence-electron chi connectivity index (χ4n) is 11.9. The molecule has 25 nitrogen and oxygen atoms in total. The summed E-state index contributed by atoms with van der Waals surface area (Å²) in [6.07, 6.45) is -14.2. The fraction of sp³-hybridized carbons (Fsp3) is 0.606. The average molecular weight is 1500 g/mol. The van der Waals surface area contributed by atoms with E-state index in [1.807, 2.05) is 54.3 Å². The monoisotopic (exact) mass is 1500 g/mol. The van der Waals surface area contributed by atoms with Gasteiger partial charge in [0.15, 0.2) is 41.8 Å².